The molecule has 12 heavy (non-hydrogen) atoms. The van der Waals surface area contributed by atoms with Crippen LogP contribution in [-0.4, -0.2) is 6.29 Å². The van der Waals surface area contributed by atoms with Crippen molar-refractivity contribution in [3.05, 3.63) is 35.4 Å². The number of benzene rings is 1. The minimum absolute atomic E-state index is 0.374. The molecule has 0 spiro atoms. The van der Waals surface area contributed by atoms with Crippen LogP contribution in [0.25, 0.3) is 0 Å². The molecule has 1 aromatic rings. The fourth-order valence-electron chi connectivity index (χ4n) is 0.759. The quantitative estimate of drug-likeness (QED) is 0.668. The van der Waals surface area contributed by atoms with Gasteiger partial charge in [0.2, 0.25) is 10.1 Å². The Hall–Kier alpha value is -0.240. The molecule has 0 aliphatic rings. The molecule has 1 nitrogen and oxygen atoms in total. The van der Waals surface area contributed by atoms with Crippen LogP contribution in [0.15, 0.2) is 24.3 Å². The fraction of sp³-hybridized carbons (Fsp3) is 0.125. The highest BCUT2D eigenvalue weighted by atomic mass is 35.6. The van der Waals surface area contributed by atoms with Crippen molar-refractivity contribution < 1.29 is 4.79 Å². The Kier molecular flexibility index (Phi) is 2.99. The molecule has 0 aliphatic carbocycles. The van der Waals surface area contributed by atoms with Crippen LogP contribution in [-0.2, 0) is 8.59 Å². The van der Waals surface area contributed by atoms with E-state index in [1.807, 2.05) is 0 Å². The van der Waals surface area contributed by atoms with Crippen LogP contribution in [0, 0.1) is 0 Å². The summed E-state index contributed by atoms with van der Waals surface area (Å²) in [6, 6.07) is 6.35. The molecule has 0 amide bonds. The number of alkyl halides is 3. The molecule has 0 saturated carbocycles. The summed E-state index contributed by atoms with van der Waals surface area (Å²) in [5, 5.41) is 0. The Morgan fingerprint density at radius 3 is 2.42 bits per heavy atom. The van der Waals surface area contributed by atoms with E-state index in [2.05, 4.69) is 0 Å². The molecule has 1 aromatic carbocycles. The third kappa shape index (κ3) is 2.37. The van der Waals surface area contributed by atoms with Gasteiger partial charge in [0.1, 0.15) is 0 Å². The van der Waals surface area contributed by atoms with E-state index in [1.165, 1.54) is 6.07 Å². The third-order valence-corrected chi connectivity index (χ3v) is 1.96. The minimum Gasteiger partial charge on any atom is -0.285 e. The Labute approximate surface area is 85.2 Å². The number of rotatable bonds is 1. The SMILES string of the molecule is O=[C]c1cccc(C(Cl)(Cl)Cl)c1. The van der Waals surface area contributed by atoms with Gasteiger partial charge in [-0.1, -0.05) is 53.0 Å². The lowest BCUT2D eigenvalue weighted by molar-refractivity contribution is 0.562. The van der Waals surface area contributed by atoms with Crippen LogP contribution in [0.4, 0.5) is 0 Å². The smallest absolute Gasteiger partial charge is 0.233 e. The van der Waals surface area contributed by atoms with Crippen LogP contribution < -0.4 is 0 Å². The van der Waals surface area contributed by atoms with E-state index >= 15 is 0 Å². The molecule has 0 heterocycles. The van der Waals surface area contributed by atoms with Crippen molar-refractivity contribution in [2.24, 2.45) is 0 Å². The highest BCUT2D eigenvalue weighted by Gasteiger charge is 2.22. The molecule has 0 aliphatic heterocycles. The molecule has 0 fully saturated rings. The first-order valence-electron chi connectivity index (χ1n) is 3.09. The van der Waals surface area contributed by atoms with E-state index in [4.69, 9.17) is 34.8 Å². The molecule has 4 heteroatoms. The van der Waals surface area contributed by atoms with Gasteiger partial charge in [0.05, 0.1) is 0 Å². The van der Waals surface area contributed by atoms with Gasteiger partial charge in [-0.15, -0.1) is 0 Å². The van der Waals surface area contributed by atoms with Gasteiger partial charge in [-0.3, -0.25) is 4.79 Å². The predicted molar refractivity (Wildman–Crippen MR) is 50.5 cm³/mol. The summed E-state index contributed by atoms with van der Waals surface area (Å²) in [5.74, 6) is 0. The second-order valence-electron chi connectivity index (χ2n) is 2.18. The van der Waals surface area contributed by atoms with E-state index in [0.717, 1.165) is 0 Å². The van der Waals surface area contributed by atoms with Crippen LogP contribution in [0.1, 0.15) is 11.1 Å². The third-order valence-electron chi connectivity index (χ3n) is 1.31. The van der Waals surface area contributed by atoms with Gasteiger partial charge in [0.15, 0.2) is 0 Å². The molecular formula is C8H4Cl3O. The van der Waals surface area contributed by atoms with Gasteiger partial charge >= 0.3 is 0 Å². The van der Waals surface area contributed by atoms with Crippen LogP contribution >= 0.6 is 34.8 Å². The monoisotopic (exact) mass is 221 g/mol. The van der Waals surface area contributed by atoms with E-state index in [0.29, 0.717) is 11.1 Å². The minimum atomic E-state index is -1.48. The second kappa shape index (κ2) is 3.65. The van der Waals surface area contributed by atoms with Gasteiger partial charge in [-0.05, 0) is 6.07 Å². The lowest BCUT2D eigenvalue weighted by atomic mass is 10.1. The van der Waals surface area contributed by atoms with E-state index in [-0.39, 0.29) is 0 Å². The summed E-state index contributed by atoms with van der Waals surface area (Å²) in [4.78, 5) is 10.2. The first-order chi connectivity index (χ1) is 5.54. The molecule has 0 saturated heterocycles. The van der Waals surface area contributed by atoms with Gasteiger partial charge in [-0.25, -0.2) is 0 Å². The van der Waals surface area contributed by atoms with Crippen molar-refractivity contribution >= 4 is 41.1 Å². The van der Waals surface area contributed by atoms with Crippen LogP contribution in [0.2, 0.25) is 0 Å². The highest BCUT2D eigenvalue weighted by Crippen LogP contribution is 2.38. The van der Waals surface area contributed by atoms with E-state index < -0.39 is 3.79 Å². The number of hydrogen-bond donors (Lipinski definition) is 0. The highest BCUT2D eigenvalue weighted by molar-refractivity contribution is 6.66. The lowest BCUT2D eigenvalue weighted by Crippen LogP contribution is -2.00. The summed E-state index contributed by atoms with van der Waals surface area (Å²) >= 11 is 16.8. The summed E-state index contributed by atoms with van der Waals surface area (Å²) in [6.45, 7) is 0. The molecule has 0 bridgehead atoms. The number of halogens is 3. The molecule has 0 unspecified atom stereocenters. The normalized spacial score (nSPS) is 11.2. The van der Waals surface area contributed by atoms with Gasteiger partial charge in [0, 0.05) is 11.1 Å². The zero-order chi connectivity index (χ0) is 9.19. The molecule has 0 aromatic heterocycles. The summed E-state index contributed by atoms with van der Waals surface area (Å²) in [7, 11) is 0. The van der Waals surface area contributed by atoms with Crippen molar-refractivity contribution in [1.82, 2.24) is 0 Å². The van der Waals surface area contributed by atoms with E-state index in [1.54, 1.807) is 24.5 Å². The Balaban J connectivity index is 3.10. The van der Waals surface area contributed by atoms with Crippen LogP contribution in [0.5, 0.6) is 0 Å². The Morgan fingerprint density at radius 2 is 1.92 bits per heavy atom. The zero-order valence-corrected chi connectivity index (χ0v) is 8.12. The first kappa shape index (κ1) is 9.85. The maximum atomic E-state index is 10.2. The first-order valence-corrected chi connectivity index (χ1v) is 4.23. The van der Waals surface area contributed by atoms with Crippen molar-refractivity contribution in [2.45, 2.75) is 3.79 Å². The molecule has 1 rings (SSSR count). The largest absolute Gasteiger partial charge is 0.285 e. The summed E-state index contributed by atoms with van der Waals surface area (Å²) in [6.07, 6.45) is 1.71. The molecular weight excluding hydrogens is 218 g/mol. The Bertz CT molecular complexity index is 291. The maximum Gasteiger partial charge on any atom is 0.233 e. The Morgan fingerprint density at radius 1 is 1.25 bits per heavy atom. The topological polar surface area (TPSA) is 17.1 Å². The van der Waals surface area contributed by atoms with Crippen molar-refractivity contribution in [3.63, 3.8) is 0 Å². The molecule has 0 N–H and O–H groups in total. The van der Waals surface area contributed by atoms with Crippen LogP contribution in [0.3, 0.4) is 0 Å². The fourth-order valence-corrected chi connectivity index (χ4v) is 1.11. The molecule has 63 valence electrons. The van der Waals surface area contributed by atoms with Gasteiger partial charge < -0.3 is 0 Å². The van der Waals surface area contributed by atoms with Crippen molar-refractivity contribution in [1.29, 1.82) is 0 Å². The van der Waals surface area contributed by atoms with E-state index in [9.17, 15) is 4.79 Å². The van der Waals surface area contributed by atoms with Gasteiger partial charge in [0.25, 0.3) is 0 Å². The summed E-state index contributed by atoms with van der Waals surface area (Å²) in [5.41, 5.74) is 0.840. The zero-order valence-electron chi connectivity index (χ0n) is 5.85. The standard InChI is InChI=1S/C8H4Cl3O/c9-8(10,11)7-3-1-2-6(4-7)5-12/h1-4H. The second-order valence-corrected chi connectivity index (χ2v) is 4.46. The molecule has 0 atom stereocenters. The average molecular weight is 222 g/mol. The maximum absolute atomic E-state index is 10.2. The van der Waals surface area contributed by atoms with Gasteiger partial charge in [-0.2, -0.15) is 0 Å². The predicted octanol–water partition coefficient (Wildman–Crippen LogP) is 2.97. The summed E-state index contributed by atoms with van der Waals surface area (Å²) < 4.78 is -1.48. The number of hydrogen-bond acceptors (Lipinski definition) is 1. The molecule has 1 radical (unpaired) electrons. The number of carbonyl (C=O) groups excluding carboxylic acids is 1. The van der Waals surface area contributed by atoms with Crippen molar-refractivity contribution in [3.8, 4) is 0 Å². The van der Waals surface area contributed by atoms with Crippen molar-refractivity contribution in [2.75, 3.05) is 0 Å². The average Bonchev–Trinajstić information content (AvgIpc) is 2.03. The lowest BCUT2D eigenvalue weighted by Gasteiger charge is -2.10.